The number of hydrogen-bond acceptors (Lipinski definition) is 3. The Bertz CT molecular complexity index is 539. The summed E-state index contributed by atoms with van der Waals surface area (Å²) in [4.78, 5) is 0. The summed E-state index contributed by atoms with van der Waals surface area (Å²) in [5, 5.41) is 11.9. The van der Waals surface area contributed by atoms with Crippen molar-refractivity contribution < 1.29 is 0 Å². The molecular weight excluding hydrogens is 260 g/mol. The van der Waals surface area contributed by atoms with Crippen LogP contribution in [-0.4, -0.2) is 27.1 Å². The Kier molecular flexibility index (Phi) is 5.12. The van der Waals surface area contributed by atoms with Gasteiger partial charge in [-0.25, -0.2) is 0 Å². The van der Waals surface area contributed by atoms with Crippen molar-refractivity contribution in [2.75, 3.05) is 6.54 Å². The highest BCUT2D eigenvalue weighted by atomic mass is 15.4. The smallest absolute Gasteiger partial charge is 0.0830 e. The molecule has 1 heterocycles. The molecule has 4 nitrogen and oxygen atoms in total. The first-order valence-electron chi connectivity index (χ1n) is 7.56. The lowest BCUT2D eigenvalue weighted by Gasteiger charge is -2.25. The number of benzene rings is 1. The summed E-state index contributed by atoms with van der Waals surface area (Å²) in [5.74, 6) is 0.517. The lowest BCUT2D eigenvalue weighted by molar-refractivity contribution is 0.365. The van der Waals surface area contributed by atoms with Gasteiger partial charge in [-0.3, -0.25) is 4.68 Å². The van der Waals surface area contributed by atoms with Gasteiger partial charge in [0.2, 0.25) is 0 Å². The molecular formula is C17H26N4. The molecule has 0 radical (unpaired) electrons. The van der Waals surface area contributed by atoms with Gasteiger partial charge in [0, 0.05) is 18.8 Å². The molecule has 0 aliphatic heterocycles. The van der Waals surface area contributed by atoms with Gasteiger partial charge >= 0.3 is 0 Å². The SMILES string of the molecule is Cn1cc(CC(CNC(C)(C)C)Cc2ccccc2)nn1. The van der Waals surface area contributed by atoms with E-state index in [1.807, 2.05) is 13.2 Å². The van der Waals surface area contributed by atoms with E-state index in [9.17, 15) is 0 Å². The fraction of sp³-hybridized carbons (Fsp3) is 0.529. The third-order valence-corrected chi connectivity index (χ3v) is 3.44. The summed E-state index contributed by atoms with van der Waals surface area (Å²) >= 11 is 0. The van der Waals surface area contributed by atoms with Crippen LogP contribution in [0.2, 0.25) is 0 Å². The maximum absolute atomic E-state index is 4.23. The number of rotatable bonds is 6. The summed E-state index contributed by atoms with van der Waals surface area (Å²) in [7, 11) is 1.91. The molecule has 21 heavy (non-hydrogen) atoms. The molecule has 1 unspecified atom stereocenters. The van der Waals surface area contributed by atoms with Crippen LogP contribution in [0.3, 0.4) is 0 Å². The van der Waals surface area contributed by atoms with E-state index < -0.39 is 0 Å². The van der Waals surface area contributed by atoms with Crippen molar-refractivity contribution in [1.82, 2.24) is 20.3 Å². The van der Waals surface area contributed by atoms with Gasteiger partial charge in [-0.1, -0.05) is 35.5 Å². The molecule has 1 aromatic heterocycles. The summed E-state index contributed by atoms with van der Waals surface area (Å²) in [6.45, 7) is 7.59. The average Bonchev–Trinajstić information content (AvgIpc) is 2.82. The van der Waals surface area contributed by atoms with Crippen molar-refractivity contribution in [3.05, 3.63) is 47.8 Å². The first kappa shape index (κ1) is 15.7. The van der Waals surface area contributed by atoms with Crippen molar-refractivity contribution in [2.45, 2.75) is 39.2 Å². The summed E-state index contributed by atoms with van der Waals surface area (Å²) < 4.78 is 1.77. The van der Waals surface area contributed by atoms with Gasteiger partial charge in [-0.05, 0) is 51.6 Å². The van der Waals surface area contributed by atoms with E-state index in [4.69, 9.17) is 0 Å². The molecule has 0 bridgehead atoms. The summed E-state index contributed by atoms with van der Waals surface area (Å²) in [6.07, 6.45) is 4.02. The first-order valence-corrected chi connectivity index (χ1v) is 7.56. The first-order chi connectivity index (χ1) is 9.92. The monoisotopic (exact) mass is 286 g/mol. The van der Waals surface area contributed by atoms with Crippen LogP contribution in [0.1, 0.15) is 32.0 Å². The van der Waals surface area contributed by atoms with Crippen molar-refractivity contribution in [3.63, 3.8) is 0 Å². The zero-order valence-corrected chi connectivity index (χ0v) is 13.5. The van der Waals surface area contributed by atoms with Gasteiger partial charge in [-0.2, -0.15) is 0 Å². The van der Waals surface area contributed by atoms with Crippen molar-refractivity contribution in [2.24, 2.45) is 13.0 Å². The van der Waals surface area contributed by atoms with Gasteiger partial charge in [0.1, 0.15) is 0 Å². The average molecular weight is 286 g/mol. The van der Waals surface area contributed by atoms with Gasteiger partial charge in [0.15, 0.2) is 0 Å². The Morgan fingerprint density at radius 3 is 2.43 bits per heavy atom. The molecule has 0 aliphatic carbocycles. The predicted molar refractivity (Wildman–Crippen MR) is 86.1 cm³/mol. The normalized spacial score (nSPS) is 13.3. The minimum atomic E-state index is 0.136. The second kappa shape index (κ2) is 6.85. The van der Waals surface area contributed by atoms with Crippen LogP contribution in [0.5, 0.6) is 0 Å². The predicted octanol–water partition coefficient (Wildman–Crippen LogP) is 2.60. The number of nitrogens with one attached hydrogen (secondary N) is 1. The zero-order valence-electron chi connectivity index (χ0n) is 13.5. The second-order valence-electron chi connectivity index (χ2n) is 6.77. The van der Waals surface area contributed by atoms with E-state index in [2.05, 4.69) is 66.7 Å². The number of aromatic nitrogens is 3. The molecule has 0 aliphatic rings. The Hall–Kier alpha value is -1.68. The van der Waals surface area contributed by atoms with Gasteiger partial charge in [0.05, 0.1) is 5.69 Å². The van der Waals surface area contributed by atoms with E-state index >= 15 is 0 Å². The topological polar surface area (TPSA) is 42.7 Å². The molecule has 1 aromatic carbocycles. The molecule has 2 rings (SSSR count). The number of aryl methyl sites for hydroxylation is 1. The van der Waals surface area contributed by atoms with E-state index in [1.54, 1.807) is 4.68 Å². The van der Waals surface area contributed by atoms with E-state index in [1.165, 1.54) is 5.56 Å². The zero-order chi connectivity index (χ0) is 15.3. The van der Waals surface area contributed by atoms with Crippen LogP contribution in [0.4, 0.5) is 0 Å². The van der Waals surface area contributed by atoms with Crippen LogP contribution >= 0.6 is 0 Å². The molecule has 2 aromatic rings. The Balaban J connectivity index is 2.02. The highest BCUT2D eigenvalue weighted by Gasteiger charge is 2.16. The van der Waals surface area contributed by atoms with Crippen molar-refractivity contribution >= 4 is 0 Å². The molecule has 0 fully saturated rings. The van der Waals surface area contributed by atoms with E-state index in [-0.39, 0.29) is 5.54 Å². The third kappa shape index (κ3) is 5.68. The second-order valence-corrected chi connectivity index (χ2v) is 6.77. The molecule has 1 N–H and O–H groups in total. The lowest BCUT2D eigenvalue weighted by atomic mass is 9.94. The Morgan fingerprint density at radius 2 is 1.86 bits per heavy atom. The highest BCUT2D eigenvalue weighted by molar-refractivity contribution is 5.15. The maximum atomic E-state index is 4.23. The van der Waals surface area contributed by atoms with E-state index in [0.29, 0.717) is 5.92 Å². The van der Waals surface area contributed by atoms with Gasteiger partial charge in [0.25, 0.3) is 0 Å². The summed E-state index contributed by atoms with van der Waals surface area (Å²) in [5.41, 5.74) is 2.58. The van der Waals surface area contributed by atoms with Gasteiger partial charge in [-0.15, -0.1) is 5.10 Å². The van der Waals surface area contributed by atoms with Crippen LogP contribution < -0.4 is 5.32 Å². The maximum Gasteiger partial charge on any atom is 0.0830 e. The van der Waals surface area contributed by atoms with Crippen molar-refractivity contribution in [1.29, 1.82) is 0 Å². The molecule has 4 heteroatoms. The Morgan fingerprint density at radius 1 is 1.14 bits per heavy atom. The fourth-order valence-corrected chi connectivity index (χ4v) is 2.40. The van der Waals surface area contributed by atoms with Crippen molar-refractivity contribution in [3.8, 4) is 0 Å². The van der Waals surface area contributed by atoms with Crippen LogP contribution in [0.15, 0.2) is 36.5 Å². The molecule has 0 saturated carbocycles. The lowest BCUT2D eigenvalue weighted by Crippen LogP contribution is -2.40. The molecule has 0 amide bonds. The fourth-order valence-electron chi connectivity index (χ4n) is 2.40. The van der Waals surface area contributed by atoms with E-state index in [0.717, 1.165) is 25.1 Å². The summed E-state index contributed by atoms with van der Waals surface area (Å²) in [6, 6.07) is 10.7. The van der Waals surface area contributed by atoms with Crippen LogP contribution in [0.25, 0.3) is 0 Å². The third-order valence-electron chi connectivity index (χ3n) is 3.44. The number of hydrogen-bond donors (Lipinski definition) is 1. The Labute approximate surface area is 127 Å². The largest absolute Gasteiger partial charge is 0.312 e. The molecule has 0 saturated heterocycles. The standard InChI is InChI=1S/C17H26N4/c1-17(2,3)18-12-15(10-14-8-6-5-7-9-14)11-16-13-21(4)20-19-16/h5-9,13,15,18H,10-12H2,1-4H3. The van der Waals surface area contributed by atoms with Crippen LogP contribution in [-0.2, 0) is 19.9 Å². The van der Waals surface area contributed by atoms with Crippen LogP contribution in [0, 0.1) is 5.92 Å². The van der Waals surface area contributed by atoms with Gasteiger partial charge < -0.3 is 5.32 Å². The molecule has 114 valence electrons. The quantitative estimate of drug-likeness (QED) is 0.887. The molecule has 1 atom stereocenters. The minimum absolute atomic E-state index is 0.136. The number of nitrogens with zero attached hydrogens (tertiary/aromatic N) is 3. The minimum Gasteiger partial charge on any atom is -0.312 e. The highest BCUT2D eigenvalue weighted by Crippen LogP contribution is 2.14. The molecule has 0 spiro atoms.